The highest BCUT2D eigenvalue weighted by molar-refractivity contribution is 7.98. The van der Waals surface area contributed by atoms with E-state index in [-0.39, 0.29) is 18.0 Å². The summed E-state index contributed by atoms with van der Waals surface area (Å²) in [5.41, 5.74) is 4.04. The van der Waals surface area contributed by atoms with E-state index in [1.54, 1.807) is 11.8 Å². The number of benzene rings is 3. The summed E-state index contributed by atoms with van der Waals surface area (Å²) < 4.78 is 0. The van der Waals surface area contributed by atoms with Gasteiger partial charge in [-0.3, -0.25) is 0 Å². The Bertz CT molecular complexity index is 1100. The van der Waals surface area contributed by atoms with E-state index in [2.05, 4.69) is 61.0 Å². The normalized spacial score (nSPS) is 13.5. The van der Waals surface area contributed by atoms with E-state index in [0.29, 0.717) is 17.0 Å². The molecule has 1 N–H and O–H groups in total. The maximum Gasteiger partial charge on any atom is 0.0991 e. The van der Waals surface area contributed by atoms with Crippen molar-refractivity contribution < 1.29 is 0 Å². The van der Waals surface area contributed by atoms with Gasteiger partial charge in [-0.15, -0.1) is 11.8 Å². The fourth-order valence-corrected chi connectivity index (χ4v) is 4.46. The molecule has 0 spiro atoms. The summed E-state index contributed by atoms with van der Waals surface area (Å²) in [4.78, 5) is 1.20. The second kappa shape index (κ2) is 11.7. The first-order valence-corrected chi connectivity index (χ1v) is 12.2. The molecule has 0 aliphatic rings. The van der Waals surface area contributed by atoms with Crippen molar-refractivity contribution in [2.45, 2.75) is 42.7 Å². The third-order valence-electron chi connectivity index (χ3n) is 5.69. The van der Waals surface area contributed by atoms with Crippen LogP contribution in [0, 0.1) is 22.7 Å². The molecule has 0 fully saturated rings. The first kappa shape index (κ1) is 23.9. The molecule has 0 saturated heterocycles. The van der Waals surface area contributed by atoms with Crippen molar-refractivity contribution >= 4 is 23.4 Å². The Morgan fingerprint density at radius 3 is 2.31 bits per heavy atom. The highest BCUT2D eigenvalue weighted by Gasteiger charge is 2.24. The molecule has 0 saturated carbocycles. The largest absolute Gasteiger partial charge is 0.306 e. The molecule has 0 aliphatic carbocycles. The number of hydrogen-bond donors (Lipinski definition) is 1. The van der Waals surface area contributed by atoms with Crippen molar-refractivity contribution in [2.75, 3.05) is 6.26 Å². The number of thioether (sulfide) groups is 1. The number of nitrogens with zero attached hydrogens (tertiary/aromatic N) is 2. The topological polar surface area (TPSA) is 59.6 Å². The zero-order valence-corrected chi connectivity index (χ0v) is 19.8. The van der Waals surface area contributed by atoms with Crippen molar-refractivity contribution in [3.63, 3.8) is 0 Å². The van der Waals surface area contributed by atoms with Crippen molar-refractivity contribution in [2.24, 2.45) is 0 Å². The summed E-state index contributed by atoms with van der Waals surface area (Å²) in [5, 5.41) is 23.3. The van der Waals surface area contributed by atoms with Crippen molar-refractivity contribution in [3.05, 3.63) is 100 Å². The van der Waals surface area contributed by atoms with Crippen molar-refractivity contribution in [1.29, 1.82) is 10.5 Å². The SMILES string of the molecule is CSc1ccc(C(CC#N)N[C@@H](C)[C@@H](Cc2ccc(Cl)cc2)c2cccc(C#N)c2)cc1. The van der Waals surface area contributed by atoms with E-state index in [1.165, 1.54) is 10.5 Å². The predicted molar refractivity (Wildman–Crippen MR) is 133 cm³/mol. The lowest BCUT2D eigenvalue weighted by atomic mass is 9.85. The fourth-order valence-electron chi connectivity index (χ4n) is 3.93. The minimum absolute atomic E-state index is 0.0678. The molecular weight excluding hydrogens is 434 g/mol. The smallest absolute Gasteiger partial charge is 0.0991 e. The third kappa shape index (κ3) is 6.38. The number of rotatable bonds is 9. The fraction of sp³-hybridized carbons (Fsp3) is 0.259. The van der Waals surface area contributed by atoms with Crippen LogP contribution in [-0.2, 0) is 6.42 Å². The zero-order valence-electron chi connectivity index (χ0n) is 18.3. The molecule has 0 amide bonds. The second-order valence-corrected chi connectivity index (χ2v) is 9.13. The lowest BCUT2D eigenvalue weighted by Crippen LogP contribution is -2.36. The van der Waals surface area contributed by atoms with Crippen LogP contribution in [0.3, 0.4) is 0 Å². The molecular formula is C27H26ClN3S. The molecule has 0 aliphatic heterocycles. The first-order chi connectivity index (χ1) is 15.5. The average Bonchev–Trinajstić information content (AvgIpc) is 2.83. The third-order valence-corrected chi connectivity index (χ3v) is 6.69. The molecule has 0 radical (unpaired) electrons. The molecule has 1 unspecified atom stereocenters. The quantitative estimate of drug-likeness (QED) is 0.354. The highest BCUT2D eigenvalue weighted by atomic mass is 35.5. The van der Waals surface area contributed by atoms with E-state index in [4.69, 9.17) is 11.6 Å². The summed E-state index contributed by atoms with van der Waals surface area (Å²) in [6, 6.07) is 28.7. The molecule has 32 heavy (non-hydrogen) atoms. The summed E-state index contributed by atoms with van der Waals surface area (Å²) in [6.07, 6.45) is 3.23. The van der Waals surface area contributed by atoms with Crippen molar-refractivity contribution in [3.8, 4) is 12.1 Å². The van der Waals surface area contributed by atoms with Gasteiger partial charge in [0.2, 0.25) is 0 Å². The maximum atomic E-state index is 9.45. The minimum atomic E-state index is -0.0715. The molecule has 5 heteroatoms. The molecule has 3 atom stereocenters. The highest BCUT2D eigenvalue weighted by Crippen LogP contribution is 2.29. The number of nitriles is 2. The van der Waals surface area contributed by atoms with Gasteiger partial charge >= 0.3 is 0 Å². The minimum Gasteiger partial charge on any atom is -0.306 e. The van der Waals surface area contributed by atoms with Gasteiger partial charge in [0.05, 0.1) is 24.1 Å². The van der Waals surface area contributed by atoms with Gasteiger partial charge in [-0.05, 0) is 72.7 Å². The maximum absolute atomic E-state index is 9.45. The summed E-state index contributed by atoms with van der Waals surface area (Å²) in [7, 11) is 0. The molecule has 0 bridgehead atoms. The van der Waals surface area contributed by atoms with Crippen LogP contribution in [0.1, 0.15) is 47.6 Å². The Morgan fingerprint density at radius 2 is 1.69 bits per heavy atom. The lowest BCUT2D eigenvalue weighted by molar-refractivity contribution is 0.401. The Labute approximate surface area is 200 Å². The standard InChI is InChI=1S/C27H26ClN3S/c1-19(31-27(14-15-29)22-8-12-25(32-2)13-9-22)26(17-20-6-10-24(28)11-7-20)23-5-3-4-21(16-23)18-30/h3-13,16,19,26-27,31H,14,17H2,1-2H3/t19-,26+,27?/m0/s1. The van der Waals surface area contributed by atoms with Crippen LogP contribution in [0.15, 0.2) is 77.7 Å². The molecule has 0 aromatic heterocycles. The van der Waals surface area contributed by atoms with Crippen molar-refractivity contribution in [1.82, 2.24) is 5.32 Å². The predicted octanol–water partition coefficient (Wildman–Crippen LogP) is 6.89. The summed E-state index contributed by atoms with van der Waals surface area (Å²) in [6.45, 7) is 2.15. The average molecular weight is 460 g/mol. The van der Waals surface area contributed by atoms with Gasteiger partial charge in [0, 0.05) is 27.9 Å². The van der Waals surface area contributed by atoms with Crippen LogP contribution in [-0.4, -0.2) is 12.3 Å². The van der Waals surface area contributed by atoms with Crippen LogP contribution in [0.5, 0.6) is 0 Å². The Morgan fingerprint density at radius 1 is 0.969 bits per heavy atom. The van der Waals surface area contributed by atoms with Gasteiger partial charge in [0.25, 0.3) is 0 Å². The van der Waals surface area contributed by atoms with Gasteiger partial charge in [0.1, 0.15) is 0 Å². The molecule has 0 heterocycles. The van der Waals surface area contributed by atoms with Crippen LogP contribution >= 0.6 is 23.4 Å². The summed E-state index contributed by atoms with van der Waals surface area (Å²) >= 11 is 7.78. The van der Waals surface area contributed by atoms with Gasteiger partial charge in [-0.2, -0.15) is 10.5 Å². The van der Waals surface area contributed by atoms with E-state index in [1.807, 2.05) is 42.5 Å². The van der Waals surface area contributed by atoms with E-state index in [0.717, 1.165) is 17.5 Å². The van der Waals surface area contributed by atoms with Gasteiger partial charge in [0.15, 0.2) is 0 Å². The molecule has 3 rings (SSSR count). The monoisotopic (exact) mass is 459 g/mol. The molecule has 3 aromatic rings. The second-order valence-electron chi connectivity index (χ2n) is 7.82. The number of hydrogen-bond acceptors (Lipinski definition) is 4. The van der Waals surface area contributed by atoms with E-state index in [9.17, 15) is 10.5 Å². The Kier molecular flexibility index (Phi) is 8.77. The van der Waals surface area contributed by atoms with Gasteiger partial charge in [-0.1, -0.05) is 48.0 Å². The molecule has 162 valence electrons. The number of halogens is 1. The van der Waals surface area contributed by atoms with E-state index < -0.39 is 0 Å². The number of nitrogens with one attached hydrogen (secondary N) is 1. The van der Waals surface area contributed by atoms with Crippen LogP contribution in [0.4, 0.5) is 0 Å². The molecule has 3 aromatic carbocycles. The zero-order chi connectivity index (χ0) is 22.9. The Balaban J connectivity index is 1.89. The van der Waals surface area contributed by atoms with Crippen LogP contribution < -0.4 is 5.32 Å². The molecule has 3 nitrogen and oxygen atoms in total. The first-order valence-electron chi connectivity index (χ1n) is 10.6. The van der Waals surface area contributed by atoms with Gasteiger partial charge in [-0.25, -0.2) is 0 Å². The van der Waals surface area contributed by atoms with E-state index >= 15 is 0 Å². The van der Waals surface area contributed by atoms with Crippen LogP contribution in [0.2, 0.25) is 5.02 Å². The summed E-state index contributed by atoms with van der Waals surface area (Å²) in [5.74, 6) is 0.121. The van der Waals surface area contributed by atoms with Gasteiger partial charge < -0.3 is 5.32 Å². The lowest BCUT2D eigenvalue weighted by Gasteiger charge is -2.30. The Hall–Kier alpha value is -2.76. The van der Waals surface area contributed by atoms with Crippen LogP contribution in [0.25, 0.3) is 0 Å².